The molecule has 4 aliphatic heterocycles. The van der Waals surface area contributed by atoms with E-state index in [1.54, 1.807) is 70.1 Å². The fourth-order valence-corrected chi connectivity index (χ4v) is 17.8. The van der Waals surface area contributed by atoms with E-state index in [4.69, 9.17) is 69.9 Å². The molecule has 4 fully saturated rings. The topological polar surface area (TPSA) is 404 Å². The molecule has 37 heteroatoms. The van der Waals surface area contributed by atoms with Gasteiger partial charge in [0.2, 0.25) is 5.95 Å². The summed E-state index contributed by atoms with van der Waals surface area (Å²) in [5.74, 6) is 3.10. The van der Waals surface area contributed by atoms with Crippen molar-refractivity contribution in [1.82, 2.24) is 109 Å². The number of ether oxygens (including phenoxy) is 2. The van der Waals surface area contributed by atoms with Crippen molar-refractivity contribution >= 4 is 175 Å². The predicted molar refractivity (Wildman–Crippen MR) is 525 cm³/mol. The number of piperidine rings is 1. The van der Waals surface area contributed by atoms with E-state index in [9.17, 15) is 19.5 Å². The molecule has 17 heterocycles. The molecule has 0 bridgehead atoms. The molecule has 17 aromatic rings. The van der Waals surface area contributed by atoms with Gasteiger partial charge in [-0.1, -0.05) is 89.4 Å². The Balaban J connectivity index is 0.000000120. The average molecular weight is 1870 g/mol. The number of aromatic nitrogens is 18. The summed E-state index contributed by atoms with van der Waals surface area (Å²) in [5.41, 5.74) is 17.8. The zero-order valence-corrected chi connectivity index (χ0v) is 77.2. The number of likely N-dealkylation sites (N-methyl/N-ethyl adjacent to an activating group) is 1. The van der Waals surface area contributed by atoms with Crippen molar-refractivity contribution in [3.63, 3.8) is 0 Å². The Bertz CT molecular complexity index is 7250. The first kappa shape index (κ1) is 91.1. The number of nitrogens with zero attached hydrogens (tertiary/aromatic N) is 23. The predicted octanol–water partition coefficient (Wildman–Crippen LogP) is 15.6. The first-order valence-electron chi connectivity index (χ1n) is 44.7. The number of nitrogens with two attached hydrogens (primary N) is 1. The Hall–Kier alpha value is -14.4. The fraction of sp³-hybridized carbons (Fsp3) is 0.286. The van der Waals surface area contributed by atoms with Gasteiger partial charge in [-0.25, -0.2) is 54.8 Å². The molecule has 0 spiro atoms. The van der Waals surface area contributed by atoms with Crippen LogP contribution in [-0.4, -0.2) is 237 Å². The van der Waals surface area contributed by atoms with Gasteiger partial charge >= 0.3 is 0 Å². The Morgan fingerprint density at radius 1 is 0.415 bits per heavy atom. The molecule has 4 atom stereocenters. The number of likely N-dealkylation sites (tertiary alicyclic amines) is 1. The van der Waals surface area contributed by atoms with Crippen LogP contribution in [-0.2, 0) is 16.5 Å². The molecular formula is C98H97Cl3N28O6. The number of carbonyl (C=O) groups excluding carboxylic acids is 3. The van der Waals surface area contributed by atoms with E-state index >= 15 is 0 Å². The van der Waals surface area contributed by atoms with Gasteiger partial charge in [-0.15, -0.1) is 0 Å². The molecule has 0 unspecified atom stereocenters. The van der Waals surface area contributed by atoms with Crippen LogP contribution in [0.5, 0.6) is 0 Å². The summed E-state index contributed by atoms with van der Waals surface area (Å²) in [4.78, 5) is 122. The number of pyridine rings is 8. The van der Waals surface area contributed by atoms with Crippen molar-refractivity contribution < 1.29 is 29.0 Å². The smallest absolute Gasteiger partial charge is 0.273 e. The van der Waals surface area contributed by atoms with E-state index in [-0.39, 0.29) is 53.9 Å². The monoisotopic (exact) mass is 1870 g/mol. The molecule has 3 amide bonds. The largest absolute Gasteiger partial charge is 0.393 e. The van der Waals surface area contributed by atoms with Crippen LogP contribution in [0.1, 0.15) is 125 Å². The number of fused-ring (bicyclic) bond motifs is 8. The molecular weight excluding hydrogens is 1770 g/mol. The van der Waals surface area contributed by atoms with Gasteiger partial charge in [-0.3, -0.25) is 39.0 Å². The van der Waals surface area contributed by atoms with E-state index in [1.165, 1.54) is 18.0 Å². The summed E-state index contributed by atoms with van der Waals surface area (Å²) in [7, 11) is 4.12. The zero-order valence-electron chi connectivity index (χ0n) is 74.9. The number of aliphatic hydroxyl groups excluding tert-OH is 1. The minimum Gasteiger partial charge on any atom is -0.393 e. The van der Waals surface area contributed by atoms with Crippen molar-refractivity contribution in [3.8, 4) is 11.1 Å². The maximum atomic E-state index is 13.5. The highest BCUT2D eigenvalue weighted by Crippen LogP contribution is 2.40. The number of rotatable bonds is 17. The maximum Gasteiger partial charge on any atom is 0.273 e. The van der Waals surface area contributed by atoms with Crippen molar-refractivity contribution in [2.75, 3.05) is 131 Å². The van der Waals surface area contributed by atoms with E-state index in [0.717, 1.165) is 98.9 Å². The quantitative estimate of drug-likeness (QED) is 0.0493. The summed E-state index contributed by atoms with van der Waals surface area (Å²) < 4.78 is 12.8. The third-order valence-electron chi connectivity index (χ3n) is 24.2. The first-order chi connectivity index (χ1) is 65.7. The number of aliphatic hydroxyl groups is 1. The second kappa shape index (κ2) is 41.0. The van der Waals surface area contributed by atoms with Crippen LogP contribution < -0.4 is 31.9 Å². The first-order valence-corrected chi connectivity index (χ1v) is 45.8. The fourth-order valence-electron chi connectivity index (χ4n) is 17.0. The van der Waals surface area contributed by atoms with Gasteiger partial charge < -0.3 is 66.1 Å². The van der Waals surface area contributed by atoms with Gasteiger partial charge in [0.15, 0.2) is 23.3 Å². The number of benzene rings is 4. The third-order valence-corrected chi connectivity index (χ3v) is 25.1. The number of aryl methyl sites for hydroxylation is 1. The van der Waals surface area contributed by atoms with Gasteiger partial charge in [0.25, 0.3) is 17.7 Å². The minimum atomic E-state index is -0.366. The lowest BCUT2D eigenvalue weighted by molar-refractivity contribution is 0.0300. The van der Waals surface area contributed by atoms with E-state index in [1.807, 2.05) is 136 Å². The number of carbonyl (C=O) groups is 3. The Morgan fingerprint density at radius 3 is 1.24 bits per heavy atom. The van der Waals surface area contributed by atoms with Gasteiger partial charge in [0.05, 0.1) is 116 Å². The molecule has 135 heavy (non-hydrogen) atoms. The highest BCUT2D eigenvalue weighted by atomic mass is 35.5. The zero-order chi connectivity index (χ0) is 93.3. The molecule has 4 aliphatic rings. The normalized spacial score (nSPS) is 15.4. The van der Waals surface area contributed by atoms with E-state index < -0.39 is 0 Å². The molecule has 7 N–H and O–H groups in total. The van der Waals surface area contributed by atoms with Gasteiger partial charge in [0.1, 0.15) is 63.9 Å². The number of nitrogen functional groups attached to an aromatic ring is 1. The standard InChI is InChI=1S/C27H29N9.2C24H23ClN6O2.C23H22ClN7O2/c1-18(32-26-25-22(29-17-30-26)8-5-9-28-25)23-14-19-6-4-7-21(20-15-31-35(3)16-20)24(19)27(33-23)36-12-10-34(2)11-13-36;1-15(29-23-21-18(27-14-28-23)7-3-8-26-21)19-13-16-5-2-6-17(25)20(16)22(30-19)24(32)31-9-4-11-33-12-10-31;1-14(29-23-21-18(27-13-28-23)6-3-9-26-21)19-12-15-4-2-5-17(25)20(15)22(30-19)24(33)31-10-7-16(32)8-11-31;1-13(27-21-19-16(6-3-7-26-19)29-23(25)30-21)17-12-14-4-2-5-15(24)18(14)20(28-17)22(32)31-8-10-33-11-9-31/h4-9,14-18H,10-13H2,1-3H3,(H,29,30,32);2-3,5-8,13-15H,4,9-12H2,1H3,(H,27,28,29);2-6,9,12-14,16,32H,7-8,10-11H2,1H3,(H,27,28,29);2-7,12-13H,8-11H2,1H3,(H3,25,27,29,30)/t18-;15-;14-;13-/m0000/s1. The van der Waals surface area contributed by atoms with Gasteiger partial charge in [-0.05, 0) is 172 Å². The second-order valence-electron chi connectivity index (χ2n) is 33.4. The highest BCUT2D eigenvalue weighted by molar-refractivity contribution is 6.38. The third kappa shape index (κ3) is 20.3. The summed E-state index contributed by atoms with van der Waals surface area (Å²) in [6.07, 6.45) is 16.9. The lowest BCUT2D eigenvalue weighted by atomic mass is 9.99. The lowest BCUT2D eigenvalue weighted by Gasteiger charge is -2.34. The molecule has 4 saturated heterocycles. The summed E-state index contributed by atoms with van der Waals surface area (Å²) >= 11 is 19.5. The second-order valence-corrected chi connectivity index (χ2v) is 34.6. The number of piperazine rings is 1. The molecule has 4 aromatic carbocycles. The van der Waals surface area contributed by atoms with Crippen molar-refractivity contribution in [2.24, 2.45) is 7.05 Å². The maximum absolute atomic E-state index is 13.5. The van der Waals surface area contributed by atoms with Crippen LogP contribution in [0, 0.1) is 0 Å². The summed E-state index contributed by atoms with van der Waals surface area (Å²) in [6.45, 7) is 17.2. The number of morpholine rings is 1. The number of anilines is 6. The van der Waals surface area contributed by atoms with Crippen LogP contribution in [0.2, 0.25) is 15.1 Å². The van der Waals surface area contributed by atoms with Crippen LogP contribution >= 0.6 is 34.8 Å². The Labute approximate surface area is 791 Å². The summed E-state index contributed by atoms with van der Waals surface area (Å²) in [6, 6.07) is 45.2. The molecule has 13 aromatic heterocycles. The number of hydrogen-bond donors (Lipinski definition) is 6. The van der Waals surface area contributed by atoms with Crippen molar-refractivity contribution in [3.05, 3.63) is 257 Å². The SMILES string of the molecule is C[C@H](Nc1nc(N)nc2cccnc12)c1cc2cccc(Cl)c2c(C(=O)N2CCOCC2)n1.C[C@H](Nc1ncnc2cccnc12)c1cc2cccc(-c3cnn(C)c3)c2c(N2CCN(C)CC2)n1.C[C@H](Nc1ncnc2cccnc12)c1cc2cccc(Cl)c2c(C(=O)N2CCC(O)CC2)n1.C[C@H](Nc1ncnc2cccnc12)c1cc2cccc(Cl)c2c(C(=O)N2CCCOCC2)n1. The Morgan fingerprint density at radius 2 is 0.800 bits per heavy atom. The number of nitrogens with one attached hydrogen (secondary N) is 4. The van der Waals surface area contributed by atoms with Crippen molar-refractivity contribution in [2.45, 2.75) is 77.2 Å². The molecule has 686 valence electrons. The molecule has 21 rings (SSSR count). The molecule has 0 aliphatic carbocycles. The summed E-state index contributed by atoms with van der Waals surface area (Å²) in [5, 5.41) is 36.2. The minimum absolute atomic E-state index is 0.0808. The average Bonchev–Trinajstić information content (AvgIpc) is 1.65. The number of amides is 3. The highest BCUT2D eigenvalue weighted by Gasteiger charge is 2.32. The van der Waals surface area contributed by atoms with Crippen LogP contribution in [0.3, 0.4) is 0 Å². The molecule has 34 nitrogen and oxygen atoms in total. The Kier molecular flexibility index (Phi) is 27.7. The van der Waals surface area contributed by atoms with E-state index in [0.29, 0.717) is 189 Å². The number of halogens is 3. The van der Waals surface area contributed by atoms with Gasteiger partial charge in [0, 0.05) is 137 Å². The number of hydrogen-bond acceptors (Lipinski definition) is 30. The van der Waals surface area contributed by atoms with E-state index in [2.05, 4.69) is 140 Å². The van der Waals surface area contributed by atoms with Crippen LogP contribution in [0.25, 0.3) is 98.4 Å². The van der Waals surface area contributed by atoms with Crippen molar-refractivity contribution in [1.29, 1.82) is 0 Å². The van der Waals surface area contributed by atoms with Crippen LogP contribution in [0.4, 0.5) is 35.0 Å². The molecule has 0 radical (unpaired) electrons. The van der Waals surface area contributed by atoms with Gasteiger partial charge in [-0.2, -0.15) is 10.1 Å². The molecule has 0 saturated carbocycles. The lowest BCUT2D eigenvalue weighted by Crippen LogP contribution is -2.45. The van der Waals surface area contributed by atoms with Crippen LogP contribution in [0.15, 0.2) is 202 Å².